The molecular weight excluding hydrogens is 463 g/mol. The fourth-order valence-electron chi connectivity index (χ4n) is 5.10. The molecule has 1 aromatic heterocycles. The summed E-state index contributed by atoms with van der Waals surface area (Å²) in [5.41, 5.74) is 2.23. The predicted octanol–water partition coefficient (Wildman–Crippen LogP) is 5.91. The molecule has 0 saturated carbocycles. The number of aromatic nitrogens is 1. The van der Waals surface area contributed by atoms with Gasteiger partial charge in [0.15, 0.2) is 0 Å². The molecule has 5 nitrogen and oxygen atoms in total. The van der Waals surface area contributed by atoms with Crippen LogP contribution in [-0.2, 0) is 11.2 Å². The van der Waals surface area contributed by atoms with E-state index in [1.807, 2.05) is 36.5 Å². The van der Waals surface area contributed by atoms with Crippen LogP contribution in [0, 0.1) is 17.7 Å². The standard InChI is InChI=1S/C28H33FN2O3S/c1-34-24-7-10-27-26(18-24)21(11-13-30-27)4-2-3-20-12-14-31(19-22(20)17-28(32)33)15-16-35-25-8-5-23(29)6-9-25/h5-11,13,18,20,22H,2-4,12,14-17,19H2,1H3,(H,32,33)/t20-,22+/m1/s1. The summed E-state index contributed by atoms with van der Waals surface area (Å²) in [6.45, 7) is 2.74. The first-order valence-electron chi connectivity index (χ1n) is 12.3. The maximum Gasteiger partial charge on any atom is 0.303 e. The highest BCUT2D eigenvalue weighted by Gasteiger charge is 2.30. The van der Waals surface area contributed by atoms with Crippen molar-refractivity contribution in [2.45, 2.75) is 37.0 Å². The molecule has 3 aromatic rings. The van der Waals surface area contributed by atoms with E-state index in [4.69, 9.17) is 4.74 Å². The van der Waals surface area contributed by atoms with E-state index in [2.05, 4.69) is 16.0 Å². The minimum absolute atomic E-state index is 0.173. The zero-order chi connectivity index (χ0) is 24.6. The lowest BCUT2D eigenvalue weighted by atomic mass is 9.80. The van der Waals surface area contributed by atoms with Crippen LogP contribution in [0.3, 0.4) is 0 Å². The molecule has 0 unspecified atom stereocenters. The summed E-state index contributed by atoms with van der Waals surface area (Å²) in [5, 5.41) is 10.6. The molecule has 1 aliphatic rings. The molecule has 0 aliphatic carbocycles. The van der Waals surface area contributed by atoms with Crippen LogP contribution in [0.15, 0.2) is 59.6 Å². The second-order valence-corrected chi connectivity index (χ2v) is 10.4. The molecule has 2 atom stereocenters. The molecule has 1 N–H and O–H groups in total. The van der Waals surface area contributed by atoms with Crippen LogP contribution >= 0.6 is 11.8 Å². The van der Waals surface area contributed by atoms with Crippen LogP contribution in [0.25, 0.3) is 10.9 Å². The van der Waals surface area contributed by atoms with Crippen LogP contribution in [-0.4, -0.2) is 53.5 Å². The third-order valence-corrected chi connectivity index (χ3v) is 7.95. The van der Waals surface area contributed by atoms with Crippen molar-refractivity contribution in [1.82, 2.24) is 9.88 Å². The number of hydrogen-bond donors (Lipinski definition) is 1. The van der Waals surface area contributed by atoms with Crippen molar-refractivity contribution in [2.75, 3.05) is 32.5 Å². The molecule has 0 spiro atoms. The Labute approximate surface area is 210 Å². The summed E-state index contributed by atoms with van der Waals surface area (Å²) in [6, 6.07) is 14.6. The zero-order valence-electron chi connectivity index (χ0n) is 20.2. The number of piperidine rings is 1. The Morgan fingerprint density at radius 3 is 2.80 bits per heavy atom. The van der Waals surface area contributed by atoms with E-state index in [0.717, 1.165) is 72.6 Å². The first-order valence-corrected chi connectivity index (χ1v) is 13.2. The third kappa shape index (κ3) is 7.18. The van der Waals surface area contributed by atoms with Gasteiger partial charge in [0.25, 0.3) is 0 Å². The summed E-state index contributed by atoms with van der Waals surface area (Å²) in [5.74, 6) is 1.41. The lowest BCUT2D eigenvalue weighted by molar-refractivity contribution is -0.139. The molecule has 35 heavy (non-hydrogen) atoms. The van der Waals surface area contributed by atoms with Crippen molar-refractivity contribution in [3.8, 4) is 5.75 Å². The highest BCUT2D eigenvalue weighted by molar-refractivity contribution is 7.99. The van der Waals surface area contributed by atoms with Gasteiger partial charge in [-0.25, -0.2) is 4.39 Å². The molecule has 7 heteroatoms. The molecule has 0 bridgehead atoms. The fourth-order valence-corrected chi connectivity index (χ4v) is 6.01. The number of thioether (sulfide) groups is 1. The molecule has 4 rings (SSSR count). The van der Waals surface area contributed by atoms with E-state index >= 15 is 0 Å². The number of carboxylic acid groups (broad SMARTS) is 1. The van der Waals surface area contributed by atoms with Gasteiger partial charge in [0, 0.05) is 41.7 Å². The monoisotopic (exact) mass is 496 g/mol. The van der Waals surface area contributed by atoms with E-state index in [1.54, 1.807) is 18.9 Å². The average molecular weight is 497 g/mol. The number of aliphatic carboxylic acids is 1. The Hall–Kier alpha value is -2.64. The number of rotatable bonds is 11. The zero-order valence-corrected chi connectivity index (χ0v) is 21.0. The number of carbonyl (C=O) groups is 1. The van der Waals surface area contributed by atoms with E-state index < -0.39 is 5.97 Å². The van der Waals surface area contributed by atoms with E-state index in [1.165, 1.54) is 17.7 Å². The predicted molar refractivity (Wildman–Crippen MR) is 139 cm³/mol. The lowest BCUT2D eigenvalue weighted by Crippen LogP contribution is -2.42. The van der Waals surface area contributed by atoms with Crippen LogP contribution in [0.2, 0.25) is 0 Å². The van der Waals surface area contributed by atoms with Crippen molar-refractivity contribution in [3.05, 3.63) is 66.1 Å². The summed E-state index contributed by atoms with van der Waals surface area (Å²) in [7, 11) is 1.67. The number of likely N-dealkylation sites (tertiary alicyclic amines) is 1. The van der Waals surface area contributed by atoms with Gasteiger partial charge >= 0.3 is 5.97 Å². The highest BCUT2D eigenvalue weighted by atomic mass is 32.2. The number of methoxy groups -OCH3 is 1. The van der Waals surface area contributed by atoms with Gasteiger partial charge in [-0.3, -0.25) is 9.78 Å². The van der Waals surface area contributed by atoms with Gasteiger partial charge in [-0.2, -0.15) is 0 Å². The van der Waals surface area contributed by atoms with Gasteiger partial charge in [-0.05, 0) is 98.2 Å². The number of ether oxygens (including phenoxy) is 1. The van der Waals surface area contributed by atoms with E-state index in [0.29, 0.717) is 5.92 Å². The van der Waals surface area contributed by atoms with Crippen LogP contribution in [0.5, 0.6) is 5.75 Å². The average Bonchev–Trinajstić information content (AvgIpc) is 2.86. The smallest absolute Gasteiger partial charge is 0.303 e. The summed E-state index contributed by atoms with van der Waals surface area (Å²) < 4.78 is 18.5. The molecule has 0 radical (unpaired) electrons. The topological polar surface area (TPSA) is 62.7 Å². The molecular formula is C28H33FN2O3S. The Bertz CT molecular complexity index is 1120. The maximum atomic E-state index is 13.1. The Morgan fingerprint density at radius 2 is 2.03 bits per heavy atom. The third-order valence-electron chi connectivity index (χ3n) is 6.96. The highest BCUT2D eigenvalue weighted by Crippen LogP contribution is 2.32. The molecule has 1 fully saturated rings. The van der Waals surface area contributed by atoms with Gasteiger partial charge in [-0.1, -0.05) is 0 Å². The Balaban J connectivity index is 1.30. The van der Waals surface area contributed by atoms with Crippen molar-refractivity contribution >= 4 is 28.6 Å². The molecule has 1 aliphatic heterocycles. The molecule has 1 saturated heterocycles. The van der Waals surface area contributed by atoms with Gasteiger partial charge in [0.2, 0.25) is 0 Å². The Kier molecular flexibility index (Phi) is 8.99. The van der Waals surface area contributed by atoms with Crippen LogP contribution in [0.1, 0.15) is 31.2 Å². The number of aryl methyl sites for hydroxylation is 1. The molecule has 2 aromatic carbocycles. The first kappa shape index (κ1) is 25.5. The lowest BCUT2D eigenvalue weighted by Gasteiger charge is -2.38. The van der Waals surface area contributed by atoms with Crippen molar-refractivity contribution < 1.29 is 19.0 Å². The van der Waals surface area contributed by atoms with Crippen molar-refractivity contribution in [3.63, 3.8) is 0 Å². The van der Waals surface area contributed by atoms with Gasteiger partial charge in [0.05, 0.1) is 12.6 Å². The Morgan fingerprint density at radius 1 is 1.20 bits per heavy atom. The van der Waals surface area contributed by atoms with Crippen molar-refractivity contribution in [2.24, 2.45) is 11.8 Å². The quantitative estimate of drug-likeness (QED) is 0.333. The van der Waals surface area contributed by atoms with Gasteiger partial charge < -0.3 is 14.7 Å². The number of fused-ring (bicyclic) bond motifs is 1. The van der Waals surface area contributed by atoms with Gasteiger partial charge in [0.1, 0.15) is 11.6 Å². The SMILES string of the molecule is COc1ccc2nccc(CCC[C@@H]3CCN(CCSc4ccc(F)cc4)C[C@@H]3CC(=O)O)c2c1. The number of halogens is 1. The second-order valence-electron chi connectivity index (χ2n) is 9.26. The minimum atomic E-state index is -0.713. The van der Waals surface area contributed by atoms with E-state index in [9.17, 15) is 14.3 Å². The number of carboxylic acids is 1. The minimum Gasteiger partial charge on any atom is -0.497 e. The molecule has 2 heterocycles. The number of benzene rings is 2. The van der Waals surface area contributed by atoms with Gasteiger partial charge in [-0.15, -0.1) is 11.8 Å². The largest absolute Gasteiger partial charge is 0.497 e. The number of nitrogens with zero attached hydrogens (tertiary/aromatic N) is 2. The first-order chi connectivity index (χ1) is 17.0. The number of pyridine rings is 1. The maximum absolute atomic E-state index is 13.1. The van der Waals surface area contributed by atoms with Crippen LogP contribution in [0.4, 0.5) is 4.39 Å². The second kappa shape index (κ2) is 12.4. The van der Waals surface area contributed by atoms with Crippen molar-refractivity contribution in [1.29, 1.82) is 0 Å². The summed E-state index contributed by atoms with van der Waals surface area (Å²) in [6.07, 6.45) is 6.12. The summed E-state index contributed by atoms with van der Waals surface area (Å²) in [4.78, 5) is 19.5. The molecule has 186 valence electrons. The molecule has 0 amide bonds. The number of hydrogen-bond acceptors (Lipinski definition) is 5. The normalized spacial score (nSPS) is 18.6. The van der Waals surface area contributed by atoms with E-state index in [-0.39, 0.29) is 18.2 Å². The van der Waals surface area contributed by atoms with Crippen LogP contribution < -0.4 is 4.74 Å². The summed E-state index contributed by atoms with van der Waals surface area (Å²) >= 11 is 1.71. The fraction of sp³-hybridized carbons (Fsp3) is 0.429.